The van der Waals surface area contributed by atoms with Crippen molar-refractivity contribution >= 4 is 40.6 Å². The quantitative estimate of drug-likeness (QED) is 0.677. The zero-order chi connectivity index (χ0) is 18.1. The molecule has 0 spiro atoms. The van der Waals surface area contributed by atoms with E-state index in [1.54, 1.807) is 22.9 Å². The van der Waals surface area contributed by atoms with E-state index in [0.717, 1.165) is 28.6 Å². The van der Waals surface area contributed by atoms with Gasteiger partial charge in [-0.25, -0.2) is 4.68 Å². The van der Waals surface area contributed by atoms with Gasteiger partial charge in [0.05, 0.1) is 16.3 Å². The Balaban J connectivity index is 1.84. The van der Waals surface area contributed by atoms with E-state index >= 15 is 0 Å². The van der Waals surface area contributed by atoms with E-state index in [1.807, 2.05) is 48.7 Å². The third-order valence-electron chi connectivity index (χ3n) is 3.81. The maximum absolute atomic E-state index is 11.9. The topological polar surface area (TPSA) is 64.0 Å². The number of para-hydroxylation sites is 1. The van der Waals surface area contributed by atoms with E-state index in [0.29, 0.717) is 15.6 Å². The number of carbonyl (C=O) groups excluding carboxylic acids is 2. The predicted octanol–water partition coefficient (Wildman–Crippen LogP) is 4.52. The first kappa shape index (κ1) is 16.6. The first-order valence-electron chi connectivity index (χ1n) is 7.76. The van der Waals surface area contributed by atoms with Crippen LogP contribution in [0.15, 0.2) is 65.7 Å². The zero-order valence-electron chi connectivity index (χ0n) is 13.3. The van der Waals surface area contributed by atoms with Crippen LogP contribution in [-0.4, -0.2) is 20.9 Å². The maximum Gasteiger partial charge on any atom is 0.290 e. The predicted molar refractivity (Wildman–Crippen MR) is 103 cm³/mol. The number of halogens is 1. The van der Waals surface area contributed by atoms with Gasteiger partial charge in [-0.1, -0.05) is 41.9 Å². The van der Waals surface area contributed by atoms with E-state index in [9.17, 15) is 9.59 Å². The Morgan fingerprint density at radius 3 is 2.42 bits per heavy atom. The Hall–Kier alpha value is -2.83. The number of hydrogen-bond donors (Lipinski definition) is 1. The van der Waals surface area contributed by atoms with E-state index in [-0.39, 0.29) is 5.24 Å². The fraction of sp³-hybridized carbons (Fsp3) is 0. The molecule has 2 aromatic carbocycles. The molecule has 0 unspecified atom stereocenters. The smallest absolute Gasteiger partial charge is 0.282 e. The molecule has 1 fully saturated rings. The minimum absolute atomic E-state index is 0.345. The first-order chi connectivity index (χ1) is 12.6. The number of rotatable bonds is 3. The Morgan fingerprint density at radius 2 is 1.77 bits per heavy atom. The Kier molecular flexibility index (Phi) is 4.36. The highest BCUT2D eigenvalue weighted by molar-refractivity contribution is 8.18. The van der Waals surface area contributed by atoms with Crippen LogP contribution in [0, 0.1) is 0 Å². The molecular formula is C19H12ClN3O2S. The van der Waals surface area contributed by atoms with Crippen LogP contribution in [0.2, 0.25) is 5.02 Å². The molecule has 0 aliphatic carbocycles. The van der Waals surface area contributed by atoms with E-state index < -0.39 is 5.91 Å². The number of thioether (sulfide) groups is 1. The van der Waals surface area contributed by atoms with Gasteiger partial charge in [-0.3, -0.25) is 14.9 Å². The molecule has 0 atom stereocenters. The van der Waals surface area contributed by atoms with Gasteiger partial charge < -0.3 is 0 Å². The molecule has 26 heavy (non-hydrogen) atoms. The number of imide groups is 1. The number of amides is 2. The minimum Gasteiger partial charge on any atom is -0.282 e. The zero-order valence-corrected chi connectivity index (χ0v) is 14.9. The van der Waals surface area contributed by atoms with Gasteiger partial charge in [-0.05, 0) is 42.1 Å². The van der Waals surface area contributed by atoms with Crippen molar-refractivity contribution in [2.45, 2.75) is 0 Å². The number of hydrogen-bond acceptors (Lipinski definition) is 4. The number of benzene rings is 2. The summed E-state index contributed by atoms with van der Waals surface area (Å²) in [5.74, 6) is -0.394. The standard InChI is InChI=1S/C19H12ClN3O2S/c20-14-8-6-12(7-9-14)17-13(10-16-18(24)21-19(25)26-16)11-23(22-17)15-4-2-1-3-5-15/h1-11H,(H,21,24,25)/b16-10-. The van der Waals surface area contributed by atoms with Crippen molar-refractivity contribution in [3.63, 3.8) is 0 Å². The molecule has 128 valence electrons. The first-order valence-corrected chi connectivity index (χ1v) is 8.95. The van der Waals surface area contributed by atoms with Crippen LogP contribution < -0.4 is 5.32 Å². The van der Waals surface area contributed by atoms with Gasteiger partial charge in [0.2, 0.25) is 0 Å². The second-order valence-corrected chi connectivity index (χ2v) is 7.02. The molecule has 1 saturated heterocycles. The molecule has 2 amide bonds. The molecule has 1 N–H and O–H groups in total. The molecule has 7 heteroatoms. The van der Waals surface area contributed by atoms with Gasteiger partial charge in [-0.15, -0.1) is 0 Å². The summed E-state index contributed by atoms with van der Waals surface area (Å²) in [7, 11) is 0. The summed E-state index contributed by atoms with van der Waals surface area (Å²) in [6, 6.07) is 17.0. The van der Waals surface area contributed by atoms with Crippen LogP contribution in [0.3, 0.4) is 0 Å². The molecular weight excluding hydrogens is 370 g/mol. The molecule has 0 radical (unpaired) electrons. The summed E-state index contributed by atoms with van der Waals surface area (Å²) < 4.78 is 1.75. The van der Waals surface area contributed by atoms with E-state index in [1.165, 1.54) is 0 Å². The summed E-state index contributed by atoms with van der Waals surface area (Å²) in [4.78, 5) is 23.7. The van der Waals surface area contributed by atoms with E-state index in [2.05, 4.69) is 10.4 Å². The van der Waals surface area contributed by atoms with Crippen molar-refractivity contribution in [3.8, 4) is 16.9 Å². The lowest BCUT2D eigenvalue weighted by atomic mass is 10.1. The number of nitrogens with zero attached hydrogens (tertiary/aromatic N) is 2. The molecule has 0 saturated carbocycles. The van der Waals surface area contributed by atoms with Crippen LogP contribution >= 0.6 is 23.4 Å². The lowest BCUT2D eigenvalue weighted by molar-refractivity contribution is -0.115. The molecule has 5 nitrogen and oxygen atoms in total. The molecule has 4 rings (SSSR count). The van der Waals surface area contributed by atoms with Crippen LogP contribution in [-0.2, 0) is 4.79 Å². The summed E-state index contributed by atoms with van der Waals surface area (Å²) >= 11 is 6.86. The van der Waals surface area contributed by atoms with Crippen LogP contribution in [0.1, 0.15) is 5.56 Å². The molecule has 1 aromatic heterocycles. The highest BCUT2D eigenvalue weighted by atomic mass is 35.5. The van der Waals surface area contributed by atoms with Gasteiger partial charge in [0, 0.05) is 22.3 Å². The van der Waals surface area contributed by atoms with Crippen molar-refractivity contribution in [1.82, 2.24) is 15.1 Å². The monoisotopic (exact) mass is 381 g/mol. The summed E-state index contributed by atoms with van der Waals surface area (Å²) in [6.45, 7) is 0. The SMILES string of the molecule is O=C1NC(=O)/C(=C/c2cn(-c3ccccc3)nc2-c2ccc(Cl)cc2)S1. The van der Waals surface area contributed by atoms with Gasteiger partial charge in [0.15, 0.2) is 0 Å². The minimum atomic E-state index is -0.394. The average Bonchev–Trinajstić information content (AvgIpc) is 3.20. The van der Waals surface area contributed by atoms with E-state index in [4.69, 9.17) is 11.6 Å². The molecule has 0 bridgehead atoms. The molecule has 1 aliphatic rings. The second-order valence-electron chi connectivity index (χ2n) is 5.57. The van der Waals surface area contributed by atoms with Gasteiger partial charge in [-0.2, -0.15) is 5.10 Å². The second kappa shape index (κ2) is 6.82. The third kappa shape index (κ3) is 3.29. The number of carbonyl (C=O) groups is 2. The van der Waals surface area contributed by atoms with Gasteiger partial charge in [0.1, 0.15) is 0 Å². The molecule has 3 aromatic rings. The largest absolute Gasteiger partial charge is 0.290 e. The van der Waals surface area contributed by atoms with Crippen molar-refractivity contribution in [3.05, 3.63) is 76.3 Å². The van der Waals surface area contributed by atoms with Crippen molar-refractivity contribution < 1.29 is 9.59 Å². The maximum atomic E-state index is 11.9. The third-order valence-corrected chi connectivity index (χ3v) is 4.87. The molecule has 2 heterocycles. The fourth-order valence-electron chi connectivity index (χ4n) is 2.60. The number of nitrogens with one attached hydrogen (secondary N) is 1. The highest BCUT2D eigenvalue weighted by Crippen LogP contribution is 2.31. The Labute approximate surface area is 158 Å². The average molecular weight is 382 g/mol. The van der Waals surface area contributed by atoms with Crippen LogP contribution in [0.5, 0.6) is 0 Å². The Morgan fingerprint density at radius 1 is 1.04 bits per heavy atom. The lowest BCUT2D eigenvalue weighted by Crippen LogP contribution is -2.17. The number of aromatic nitrogens is 2. The summed E-state index contributed by atoms with van der Waals surface area (Å²) in [5, 5.41) is 7.20. The highest BCUT2D eigenvalue weighted by Gasteiger charge is 2.26. The summed E-state index contributed by atoms with van der Waals surface area (Å²) in [5.41, 5.74) is 3.20. The lowest BCUT2D eigenvalue weighted by Gasteiger charge is -2.01. The molecule has 1 aliphatic heterocycles. The van der Waals surface area contributed by atoms with Crippen LogP contribution in [0.25, 0.3) is 23.0 Å². The van der Waals surface area contributed by atoms with Crippen LogP contribution in [0.4, 0.5) is 4.79 Å². The van der Waals surface area contributed by atoms with Crippen molar-refractivity contribution in [1.29, 1.82) is 0 Å². The fourth-order valence-corrected chi connectivity index (χ4v) is 3.40. The summed E-state index contributed by atoms with van der Waals surface area (Å²) in [6.07, 6.45) is 3.52. The van der Waals surface area contributed by atoms with Crippen molar-refractivity contribution in [2.75, 3.05) is 0 Å². The Bertz CT molecular complexity index is 1030. The van der Waals surface area contributed by atoms with Gasteiger partial charge >= 0.3 is 0 Å². The van der Waals surface area contributed by atoms with Gasteiger partial charge in [0.25, 0.3) is 11.1 Å². The van der Waals surface area contributed by atoms with Crippen molar-refractivity contribution in [2.24, 2.45) is 0 Å². The normalized spacial score (nSPS) is 15.5.